The summed E-state index contributed by atoms with van der Waals surface area (Å²) in [7, 11) is 1.61. The van der Waals surface area contributed by atoms with Crippen LogP contribution in [0, 0.1) is 0 Å². The molecule has 0 aliphatic carbocycles. The standard InChI is InChI=1S/C26H26N4O4/c1-32-24-12-14-25(15-13-24)33-19-23(31)17-30-16-22(27-29-30)18-34-28-26(20-8-4-2-5-9-20)21-10-6-3-7-11-21/h2-16,23,31H,17-19H2,1H3. The summed E-state index contributed by atoms with van der Waals surface area (Å²) in [6.45, 7) is 0.521. The van der Waals surface area contributed by atoms with Crippen LogP contribution in [0.25, 0.3) is 0 Å². The van der Waals surface area contributed by atoms with Crippen LogP contribution in [0.15, 0.2) is 96.3 Å². The first-order valence-electron chi connectivity index (χ1n) is 10.9. The Morgan fingerprint density at radius 1 is 0.912 bits per heavy atom. The van der Waals surface area contributed by atoms with Gasteiger partial charge in [-0.25, -0.2) is 4.68 Å². The lowest BCUT2D eigenvalue weighted by atomic mass is 10.0. The molecule has 8 heteroatoms. The van der Waals surface area contributed by atoms with Gasteiger partial charge in [-0.05, 0) is 24.3 Å². The minimum atomic E-state index is -0.752. The van der Waals surface area contributed by atoms with Crippen LogP contribution in [0.1, 0.15) is 16.8 Å². The largest absolute Gasteiger partial charge is 0.497 e. The molecule has 4 aromatic rings. The summed E-state index contributed by atoms with van der Waals surface area (Å²) in [5.74, 6) is 1.40. The Hall–Kier alpha value is -4.17. The SMILES string of the molecule is COc1ccc(OCC(O)Cn2cc(CON=C(c3ccccc3)c3ccccc3)nn2)cc1. The zero-order valence-electron chi connectivity index (χ0n) is 18.8. The molecule has 3 aromatic carbocycles. The molecule has 0 spiro atoms. The van der Waals surface area contributed by atoms with Gasteiger partial charge in [-0.1, -0.05) is 71.0 Å². The number of aromatic nitrogens is 3. The second-order valence-corrected chi connectivity index (χ2v) is 7.52. The molecule has 1 atom stereocenters. The minimum Gasteiger partial charge on any atom is -0.497 e. The Morgan fingerprint density at radius 2 is 1.53 bits per heavy atom. The summed E-state index contributed by atoms with van der Waals surface area (Å²) in [6, 6.07) is 26.9. The predicted molar refractivity (Wildman–Crippen MR) is 128 cm³/mol. The Bertz CT molecular complexity index is 1140. The molecule has 0 saturated heterocycles. The molecule has 0 fully saturated rings. The third kappa shape index (κ3) is 6.43. The summed E-state index contributed by atoms with van der Waals surface area (Å²) in [6.07, 6.45) is 0.968. The molecule has 8 nitrogen and oxygen atoms in total. The second-order valence-electron chi connectivity index (χ2n) is 7.52. The van der Waals surface area contributed by atoms with E-state index in [0.29, 0.717) is 11.4 Å². The summed E-state index contributed by atoms with van der Waals surface area (Å²) < 4.78 is 12.3. The first kappa shape index (κ1) is 23.0. The van der Waals surface area contributed by atoms with Gasteiger partial charge in [-0.3, -0.25) is 0 Å². The molecule has 174 valence electrons. The molecule has 4 rings (SSSR count). The van der Waals surface area contributed by atoms with Gasteiger partial charge < -0.3 is 19.4 Å². The maximum atomic E-state index is 10.3. The molecule has 0 bridgehead atoms. The number of rotatable bonds is 11. The van der Waals surface area contributed by atoms with Gasteiger partial charge in [0.2, 0.25) is 0 Å². The van der Waals surface area contributed by atoms with E-state index in [2.05, 4.69) is 15.5 Å². The van der Waals surface area contributed by atoms with Gasteiger partial charge in [0.25, 0.3) is 0 Å². The van der Waals surface area contributed by atoms with Gasteiger partial charge in [-0.15, -0.1) is 5.10 Å². The first-order chi connectivity index (χ1) is 16.7. The Labute approximate surface area is 198 Å². The van der Waals surface area contributed by atoms with Crippen molar-refractivity contribution in [3.05, 3.63) is 108 Å². The Morgan fingerprint density at radius 3 is 2.15 bits per heavy atom. The third-order valence-corrected chi connectivity index (χ3v) is 4.95. The molecule has 1 heterocycles. The lowest BCUT2D eigenvalue weighted by Gasteiger charge is -2.12. The molecule has 1 N–H and O–H groups in total. The Balaban J connectivity index is 1.31. The van der Waals surface area contributed by atoms with Crippen LogP contribution in [-0.4, -0.2) is 45.6 Å². The fraction of sp³-hybridized carbons (Fsp3) is 0.192. The van der Waals surface area contributed by atoms with Crippen molar-refractivity contribution in [3.8, 4) is 11.5 Å². The zero-order chi connectivity index (χ0) is 23.6. The maximum Gasteiger partial charge on any atom is 0.162 e. The van der Waals surface area contributed by atoms with E-state index in [0.717, 1.165) is 22.6 Å². The average molecular weight is 459 g/mol. The van der Waals surface area contributed by atoms with Gasteiger partial charge >= 0.3 is 0 Å². The predicted octanol–water partition coefficient (Wildman–Crippen LogP) is 3.70. The van der Waals surface area contributed by atoms with Crippen molar-refractivity contribution in [1.82, 2.24) is 15.0 Å². The number of ether oxygens (including phenoxy) is 2. The molecule has 0 saturated carbocycles. The van der Waals surface area contributed by atoms with Gasteiger partial charge in [0.1, 0.15) is 35.6 Å². The highest BCUT2D eigenvalue weighted by Crippen LogP contribution is 2.17. The van der Waals surface area contributed by atoms with Crippen LogP contribution in [0.3, 0.4) is 0 Å². The summed E-state index contributed by atoms with van der Waals surface area (Å²) in [4.78, 5) is 5.61. The van der Waals surface area contributed by atoms with Gasteiger partial charge in [0, 0.05) is 11.1 Å². The number of aliphatic hydroxyl groups is 1. The van der Waals surface area contributed by atoms with E-state index in [1.807, 2.05) is 60.7 Å². The highest BCUT2D eigenvalue weighted by atomic mass is 16.6. The van der Waals surface area contributed by atoms with Crippen LogP contribution in [0.2, 0.25) is 0 Å². The zero-order valence-corrected chi connectivity index (χ0v) is 18.8. The summed E-state index contributed by atoms with van der Waals surface area (Å²) in [5, 5.41) is 22.8. The van der Waals surface area contributed by atoms with E-state index < -0.39 is 6.10 Å². The molecule has 1 aromatic heterocycles. The Kier molecular flexibility index (Phi) is 7.86. The number of hydrogen-bond donors (Lipinski definition) is 1. The highest BCUT2D eigenvalue weighted by molar-refractivity contribution is 6.12. The number of aliphatic hydroxyl groups excluding tert-OH is 1. The van der Waals surface area contributed by atoms with Crippen LogP contribution in [0.5, 0.6) is 11.5 Å². The summed E-state index contributed by atoms with van der Waals surface area (Å²) in [5.41, 5.74) is 3.25. The van der Waals surface area contributed by atoms with E-state index in [4.69, 9.17) is 14.3 Å². The molecular formula is C26H26N4O4. The van der Waals surface area contributed by atoms with E-state index in [-0.39, 0.29) is 19.8 Å². The van der Waals surface area contributed by atoms with Crippen molar-refractivity contribution in [3.63, 3.8) is 0 Å². The minimum absolute atomic E-state index is 0.125. The maximum absolute atomic E-state index is 10.3. The van der Waals surface area contributed by atoms with Crippen LogP contribution in [0.4, 0.5) is 0 Å². The van der Waals surface area contributed by atoms with Crippen molar-refractivity contribution in [2.45, 2.75) is 19.3 Å². The third-order valence-electron chi connectivity index (χ3n) is 4.95. The molecule has 0 aliphatic rings. The fourth-order valence-electron chi connectivity index (χ4n) is 3.25. The lowest BCUT2D eigenvalue weighted by molar-refractivity contribution is 0.0887. The monoisotopic (exact) mass is 458 g/mol. The van der Waals surface area contributed by atoms with Gasteiger partial charge in [-0.2, -0.15) is 0 Å². The second kappa shape index (κ2) is 11.6. The number of hydrogen-bond acceptors (Lipinski definition) is 7. The lowest BCUT2D eigenvalue weighted by Crippen LogP contribution is -2.23. The van der Waals surface area contributed by atoms with Crippen molar-refractivity contribution in [1.29, 1.82) is 0 Å². The van der Waals surface area contributed by atoms with Crippen molar-refractivity contribution in [2.24, 2.45) is 5.16 Å². The van der Waals surface area contributed by atoms with E-state index >= 15 is 0 Å². The average Bonchev–Trinajstić information content (AvgIpc) is 3.33. The van der Waals surface area contributed by atoms with Crippen molar-refractivity contribution < 1.29 is 19.4 Å². The van der Waals surface area contributed by atoms with Gasteiger partial charge in [0.15, 0.2) is 6.61 Å². The van der Waals surface area contributed by atoms with Gasteiger partial charge in [0.05, 0.1) is 19.9 Å². The normalized spacial score (nSPS) is 11.5. The molecule has 34 heavy (non-hydrogen) atoms. The molecule has 0 amide bonds. The first-order valence-corrected chi connectivity index (χ1v) is 10.9. The smallest absolute Gasteiger partial charge is 0.162 e. The summed E-state index contributed by atoms with van der Waals surface area (Å²) >= 11 is 0. The number of benzene rings is 3. The topological polar surface area (TPSA) is 91.0 Å². The van der Waals surface area contributed by atoms with Crippen LogP contribution >= 0.6 is 0 Å². The molecular weight excluding hydrogens is 432 g/mol. The number of oxime groups is 1. The molecule has 0 radical (unpaired) electrons. The van der Waals surface area contributed by atoms with Crippen molar-refractivity contribution in [2.75, 3.05) is 13.7 Å². The molecule has 1 unspecified atom stereocenters. The molecule has 0 aliphatic heterocycles. The highest BCUT2D eigenvalue weighted by Gasteiger charge is 2.11. The van der Waals surface area contributed by atoms with E-state index in [1.165, 1.54) is 0 Å². The fourth-order valence-corrected chi connectivity index (χ4v) is 3.25. The van der Waals surface area contributed by atoms with Crippen molar-refractivity contribution >= 4 is 5.71 Å². The van der Waals surface area contributed by atoms with E-state index in [9.17, 15) is 5.11 Å². The van der Waals surface area contributed by atoms with E-state index in [1.54, 1.807) is 42.3 Å². The van der Waals surface area contributed by atoms with Crippen LogP contribution < -0.4 is 9.47 Å². The number of nitrogens with zero attached hydrogens (tertiary/aromatic N) is 4. The van der Waals surface area contributed by atoms with Crippen LogP contribution in [-0.2, 0) is 18.0 Å². The number of methoxy groups -OCH3 is 1. The quantitative estimate of drug-likeness (QED) is 0.272.